The second kappa shape index (κ2) is 1.44. The Labute approximate surface area is 60.0 Å². The Morgan fingerprint density at radius 2 is 1.90 bits per heavy atom. The summed E-state index contributed by atoms with van der Waals surface area (Å²) in [6, 6.07) is 0.216. The molecule has 2 nitrogen and oxygen atoms in total. The van der Waals surface area contributed by atoms with E-state index in [1.54, 1.807) is 0 Å². The first-order valence-corrected chi connectivity index (χ1v) is 4.22. The largest absolute Gasteiger partial charge is 0.151 e. The highest BCUT2D eigenvalue weighted by Gasteiger charge is 2.61. The third-order valence-electron chi connectivity index (χ3n) is 3.94. The van der Waals surface area contributed by atoms with Crippen LogP contribution in [0.4, 0.5) is 0 Å². The summed E-state index contributed by atoms with van der Waals surface area (Å²) >= 11 is 0. The molecular formula is C8H11NO. The van der Waals surface area contributed by atoms with Crippen molar-refractivity contribution in [3.8, 4) is 0 Å². The van der Waals surface area contributed by atoms with E-state index in [0.717, 1.165) is 30.1 Å². The smallest absolute Gasteiger partial charge is 0.0953 e. The third-order valence-corrected chi connectivity index (χ3v) is 3.94. The quantitative estimate of drug-likeness (QED) is 0.507. The van der Waals surface area contributed by atoms with Crippen LogP contribution in [0.1, 0.15) is 19.3 Å². The number of nitrogens with zero attached hydrogens (tertiary/aromatic N) is 1. The van der Waals surface area contributed by atoms with Crippen molar-refractivity contribution in [1.82, 2.24) is 0 Å². The van der Waals surface area contributed by atoms with Gasteiger partial charge in [0.2, 0.25) is 0 Å². The van der Waals surface area contributed by atoms with Gasteiger partial charge in [0, 0.05) is 0 Å². The summed E-state index contributed by atoms with van der Waals surface area (Å²) in [7, 11) is 0. The van der Waals surface area contributed by atoms with Crippen LogP contribution in [0.25, 0.3) is 0 Å². The van der Waals surface area contributed by atoms with Gasteiger partial charge in [0.25, 0.3) is 0 Å². The van der Waals surface area contributed by atoms with Gasteiger partial charge >= 0.3 is 0 Å². The standard InChI is InChI=1S/C8H11NO/c10-9-7-3-5-1-4-2-6(7)8(4)5/h4-8H,1-3H2. The molecule has 0 aliphatic heterocycles. The first-order valence-electron chi connectivity index (χ1n) is 4.22. The van der Waals surface area contributed by atoms with Crippen molar-refractivity contribution in [2.24, 2.45) is 28.8 Å². The molecule has 5 atom stereocenters. The summed E-state index contributed by atoms with van der Waals surface area (Å²) in [5.41, 5.74) is 0. The topological polar surface area (TPSA) is 29.4 Å². The SMILES string of the molecule is O=NC1CC2CC3CC1C23. The number of rotatable bonds is 1. The highest BCUT2D eigenvalue weighted by atomic mass is 16.3. The van der Waals surface area contributed by atoms with Gasteiger partial charge < -0.3 is 0 Å². The molecule has 3 rings (SSSR count). The average Bonchev–Trinajstić information content (AvgIpc) is 2.06. The number of nitroso groups, excluding NO2 is 1. The lowest BCUT2D eigenvalue weighted by Crippen LogP contribution is -2.47. The summed E-state index contributed by atoms with van der Waals surface area (Å²) < 4.78 is 0. The van der Waals surface area contributed by atoms with Crippen LogP contribution in [-0.2, 0) is 0 Å². The van der Waals surface area contributed by atoms with Gasteiger partial charge in [0.05, 0.1) is 6.04 Å². The second-order valence-electron chi connectivity index (χ2n) is 4.14. The van der Waals surface area contributed by atoms with E-state index in [2.05, 4.69) is 5.18 Å². The maximum absolute atomic E-state index is 10.3. The Kier molecular flexibility index (Phi) is 0.758. The molecule has 0 saturated heterocycles. The predicted octanol–water partition coefficient (Wildman–Crippen LogP) is 1.80. The molecule has 0 radical (unpaired) electrons. The highest BCUT2D eigenvalue weighted by molar-refractivity contribution is 5.12. The zero-order valence-electron chi connectivity index (χ0n) is 5.86. The Hall–Kier alpha value is -0.400. The minimum Gasteiger partial charge on any atom is -0.151 e. The van der Waals surface area contributed by atoms with Crippen molar-refractivity contribution in [1.29, 1.82) is 0 Å². The molecule has 3 fully saturated rings. The Morgan fingerprint density at radius 3 is 2.50 bits per heavy atom. The molecule has 3 aliphatic rings. The molecule has 54 valence electrons. The maximum Gasteiger partial charge on any atom is 0.0953 e. The molecule has 0 aromatic rings. The van der Waals surface area contributed by atoms with Crippen LogP contribution >= 0.6 is 0 Å². The molecule has 0 spiro atoms. The molecule has 0 aromatic heterocycles. The van der Waals surface area contributed by atoms with Crippen molar-refractivity contribution >= 4 is 0 Å². The molecule has 0 N–H and O–H groups in total. The van der Waals surface area contributed by atoms with E-state index < -0.39 is 0 Å². The van der Waals surface area contributed by atoms with Crippen molar-refractivity contribution < 1.29 is 0 Å². The molecule has 5 unspecified atom stereocenters. The lowest BCUT2D eigenvalue weighted by atomic mass is 9.52. The molecule has 10 heavy (non-hydrogen) atoms. The number of hydrogen-bond donors (Lipinski definition) is 0. The van der Waals surface area contributed by atoms with E-state index in [1.807, 2.05) is 0 Å². The van der Waals surface area contributed by atoms with Gasteiger partial charge in [-0.05, 0) is 42.9 Å². The van der Waals surface area contributed by atoms with Crippen molar-refractivity contribution in [2.45, 2.75) is 25.3 Å². The van der Waals surface area contributed by atoms with Crippen LogP contribution < -0.4 is 0 Å². The zero-order chi connectivity index (χ0) is 6.72. The summed E-state index contributed by atoms with van der Waals surface area (Å²) in [6.45, 7) is 0. The van der Waals surface area contributed by atoms with Gasteiger partial charge in [-0.15, -0.1) is 0 Å². The minimum atomic E-state index is 0.216. The normalized spacial score (nSPS) is 62.2. The Balaban J connectivity index is 1.88. The fraction of sp³-hybridized carbons (Fsp3) is 1.00. The predicted molar refractivity (Wildman–Crippen MR) is 37.4 cm³/mol. The van der Waals surface area contributed by atoms with Crippen molar-refractivity contribution in [2.75, 3.05) is 0 Å². The molecular weight excluding hydrogens is 126 g/mol. The fourth-order valence-electron chi connectivity index (χ4n) is 3.43. The van der Waals surface area contributed by atoms with Gasteiger partial charge in [-0.3, -0.25) is 0 Å². The summed E-state index contributed by atoms with van der Waals surface area (Å²) in [6.07, 6.45) is 3.85. The molecule has 0 heterocycles. The van der Waals surface area contributed by atoms with Crippen LogP contribution in [0.2, 0.25) is 0 Å². The second-order valence-corrected chi connectivity index (χ2v) is 4.14. The van der Waals surface area contributed by atoms with Crippen molar-refractivity contribution in [3.05, 3.63) is 4.91 Å². The fourth-order valence-corrected chi connectivity index (χ4v) is 3.43. The maximum atomic E-state index is 10.3. The zero-order valence-corrected chi connectivity index (χ0v) is 5.86. The molecule has 3 aliphatic carbocycles. The van der Waals surface area contributed by atoms with Gasteiger partial charge in [0.1, 0.15) is 0 Å². The van der Waals surface area contributed by atoms with Gasteiger partial charge in [-0.25, -0.2) is 0 Å². The van der Waals surface area contributed by atoms with E-state index in [9.17, 15) is 4.91 Å². The van der Waals surface area contributed by atoms with Gasteiger partial charge in [0.15, 0.2) is 0 Å². The van der Waals surface area contributed by atoms with Crippen molar-refractivity contribution in [3.63, 3.8) is 0 Å². The number of hydrogen-bond acceptors (Lipinski definition) is 2. The van der Waals surface area contributed by atoms with Crippen LogP contribution in [0.15, 0.2) is 5.18 Å². The van der Waals surface area contributed by atoms with Crippen LogP contribution in [-0.4, -0.2) is 6.04 Å². The van der Waals surface area contributed by atoms with Crippen LogP contribution in [0.5, 0.6) is 0 Å². The molecule has 0 bridgehead atoms. The molecule has 2 heteroatoms. The van der Waals surface area contributed by atoms with Crippen LogP contribution in [0, 0.1) is 28.6 Å². The Bertz CT molecular complexity index is 192. The van der Waals surface area contributed by atoms with E-state index in [1.165, 1.54) is 12.8 Å². The van der Waals surface area contributed by atoms with Gasteiger partial charge in [-0.2, -0.15) is 4.91 Å². The summed E-state index contributed by atoms with van der Waals surface area (Å²) in [4.78, 5) is 10.3. The van der Waals surface area contributed by atoms with E-state index in [0.29, 0.717) is 0 Å². The van der Waals surface area contributed by atoms with Gasteiger partial charge in [-0.1, -0.05) is 5.18 Å². The van der Waals surface area contributed by atoms with E-state index in [4.69, 9.17) is 0 Å². The van der Waals surface area contributed by atoms with E-state index in [-0.39, 0.29) is 6.04 Å². The summed E-state index contributed by atoms with van der Waals surface area (Å²) in [5, 5.41) is 3.20. The highest BCUT2D eigenvalue weighted by Crippen LogP contribution is 2.66. The molecule has 0 aromatic carbocycles. The van der Waals surface area contributed by atoms with E-state index >= 15 is 0 Å². The lowest BCUT2D eigenvalue weighted by Gasteiger charge is -2.53. The minimum absolute atomic E-state index is 0.216. The lowest BCUT2D eigenvalue weighted by molar-refractivity contribution is -0.0421. The third kappa shape index (κ3) is 0.378. The summed E-state index contributed by atoms with van der Waals surface area (Å²) in [5.74, 6) is 3.59. The molecule has 0 amide bonds. The van der Waals surface area contributed by atoms with Crippen LogP contribution in [0.3, 0.4) is 0 Å². The monoisotopic (exact) mass is 137 g/mol. The Morgan fingerprint density at radius 1 is 1.10 bits per heavy atom. The first kappa shape index (κ1) is 5.28. The average molecular weight is 137 g/mol. The first-order chi connectivity index (χ1) is 4.90. The molecule has 3 saturated carbocycles.